The molecular weight excluding hydrogens is 260 g/mol. The van der Waals surface area contributed by atoms with E-state index in [4.69, 9.17) is 5.26 Å². The minimum absolute atomic E-state index is 0.0872. The zero-order valence-corrected chi connectivity index (χ0v) is 11.9. The lowest BCUT2D eigenvalue weighted by atomic mass is 10.2. The number of nitrogens with zero attached hydrogens (tertiary/aromatic N) is 2. The third-order valence-corrected chi connectivity index (χ3v) is 5.30. The van der Waals surface area contributed by atoms with E-state index in [1.54, 1.807) is 12.1 Å². The maximum Gasteiger partial charge on any atom is 0.243 e. The van der Waals surface area contributed by atoms with Gasteiger partial charge in [0.15, 0.2) is 0 Å². The SMILES string of the molecule is CCc1ccc(S(=O)(=O)N(CCC#N)C2CC2)cc1. The minimum Gasteiger partial charge on any atom is -0.207 e. The number of hydrogen-bond donors (Lipinski definition) is 0. The average Bonchev–Trinajstić information content (AvgIpc) is 3.23. The van der Waals surface area contributed by atoms with Gasteiger partial charge in [-0.25, -0.2) is 8.42 Å². The normalized spacial score (nSPS) is 15.4. The van der Waals surface area contributed by atoms with Gasteiger partial charge in [-0.3, -0.25) is 0 Å². The van der Waals surface area contributed by atoms with Crippen molar-refractivity contribution in [3.8, 4) is 6.07 Å². The molecule has 0 aliphatic heterocycles. The number of benzene rings is 1. The van der Waals surface area contributed by atoms with Gasteiger partial charge in [-0.15, -0.1) is 0 Å². The van der Waals surface area contributed by atoms with Crippen molar-refractivity contribution in [3.05, 3.63) is 29.8 Å². The molecule has 1 aliphatic rings. The highest BCUT2D eigenvalue weighted by Gasteiger charge is 2.37. The Kier molecular flexibility index (Phi) is 4.23. The summed E-state index contributed by atoms with van der Waals surface area (Å²) in [6.45, 7) is 2.33. The average molecular weight is 278 g/mol. The first-order valence-corrected chi connectivity index (χ1v) is 8.01. The van der Waals surface area contributed by atoms with Crippen LogP contribution < -0.4 is 0 Å². The Morgan fingerprint density at radius 1 is 1.32 bits per heavy atom. The van der Waals surface area contributed by atoms with Gasteiger partial charge in [0, 0.05) is 19.0 Å². The van der Waals surface area contributed by atoms with Crippen LogP contribution in [0.2, 0.25) is 0 Å². The fraction of sp³-hybridized carbons (Fsp3) is 0.500. The highest BCUT2D eigenvalue weighted by atomic mass is 32.2. The Hall–Kier alpha value is -1.38. The van der Waals surface area contributed by atoms with E-state index in [0.29, 0.717) is 11.4 Å². The van der Waals surface area contributed by atoms with Crippen molar-refractivity contribution in [2.45, 2.75) is 43.5 Å². The summed E-state index contributed by atoms with van der Waals surface area (Å²) in [5, 5.41) is 8.65. The van der Waals surface area contributed by atoms with Gasteiger partial charge in [-0.05, 0) is 37.0 Å². The van der Waals surface area contributed by atoms with Gasteiger partial charge in [0.1, 0.15) is 0 Å². The molecule has 0 aromatic heterocycles. The molecule has 0 atom stereocenters. The third-order valence-electron chi connectivity index (χ3n) is 3.34. The van der Waals surface area contributed by atoms with E-state index in [-0.39, 0.29) is 12.5 Å². The van der Waals surface area contributed by atoms with Gasteiger partial charge in [0.25, 0.3) is 0 Å². The zero-order valence-electron chi connectivity index (χ0n) is 11.0. The van der Waals surface area contributed by atoms with E-state index in [0.717, 1.165) is 24.8 Å². The van der Waals surface area contributed by atoms with Crippen LogP contribution in [0.25, 0.3) is 0 Å². The Bertz CT molecular complexity index is 568. The second-order valence-electron chi connectivity index (χ2n) is 4.75. The topological polar surface area (TPSA) is 61.2 Å². The number of hydrogen-bond acceptors (Lipinski definition) is 3. The largest absolute Gasteiger partial charge is 0.243 e. The van der Waals surface area contributed by atoms with E-state index < -0.39 is 10.0 Å². The summed E-state index contributed by atoms with van der Waals surface area (Å²) in [5.74, 6) is 0. The highest BCUT2D eigenvalue weighted by molar-refractivity contribution is 7.89. The van der Waals surface area contributed by atoms with Crippen LogP contribution >= 0.6 is 0 Å². The van der Waals surface area contributed by atoms with Crippen molar-refractivity contribution in [3.63, 3.8) is 0 Å². The van der Waals surface area contributed by atoms with E-state index in [2.05, 4.69) is 0 Å². The summed E-state index contributed by atoms with van der Waals surface area (Å²) in [6, 6.07) is 9.13. The number of aryl methyl sites for hydroxylation is 1. The molecule has 1 saturated carbocycles. The van der Waals surface area contributed by atoms with Crippen LogP contribution in [-0.2, 0) is 16.4 Å². The Morgan fingerprint density at radius 3 is 2.42 bits per heavy atom. The molecule has 0 spiro atoms. The van der Waals surface area contributed by atoms with Gasteiger partial charge in [0.05, 0.1) is 11.0 Å². The fourth-order valence-electron chi connectivity index (χ4n) is 2.05. The van der Waals surface area contributed by atoms with Crippen LogP contribution in [0.1, 0.15) is 31.7 Å². The maximum atomic E-state index is 12.5. The molecule has 0 heterocycles. The van der Waals surface area contributed by atoms with Crippen molar-refractivity contribution in [2.75, 3.05) is 6.54 Å². The predicted molar refractivity (Wildman–Crippen MR) is 73.0 cm³/mol. The summed E-state index contributed by atoms with van der Waals surface area (Å²) in [6.07, 6.45) is 2.93. The fourth-order valence-corrected chi connectivity index (χ4v) is 3.74. The number of rotatable bonds is 6. The monoisotopic (exact) mass is 278 g/mol. The zero-order chi connectivity index (χ0) is 13.9. The number of nitriles is 1. The van der Waals surface area contributed by atoms with Crippen molar-refractivity contribution in [2.24, 2.45) is 0 Å². The molecule has 1 aliphatic carbocycles. The quantitative estimate of drug-likeness (QED) is 0.802. The Morgan fingerprint density at radius 2 is 1.95 bits per heavy atom. The Labute approximate surface area is 114 Å². The highest BCUT2D eigenvalue weighted by Crippen LogP contribution is 2.32. The van der Waals surface area contributed by atoms with Crippen LogP contribution in [-0.4, -0.2) is 25.3 Å². The van der Waals surface area contributed by atoms with Gasteiger partial charge in [-0.2, -0.15) is 9.57 Å². The van der Waals surface area contributed by atoms with Crippen molar-refractivity contribution < 1.29 is 8.42 Å². The molecule has 5 heteroatoms. The molecule has 0 unspecified atom stereocenters. The first kappa shape index (κ1) is 14.0. The van der Waals surface area contributed by atoms with Gasteiger partial charge < -0.3 is 0 Å². The summed E-state index contributed by atoms with van der Waals surface area (Å²) >= 11 is 0. The summed E-state index contributed by atoms with van der Waals surface area (Å²) < 4.78 is 26.6. The molecular formula is C14H18N2O2S. The van der Waals surface area contributed by atoms with Gasteiger partial charge in [-0.1, -0.05) is 19.1 Å². The smallest absolute Gasteiger partial charge is 0.207 e. The Balaban J connectivity index is 2.25. The molecule has 0 amide bonds. The van der Waals surface area contributed by atoms with Crippen molar-refractivity contribution >= 4 is 10.0 Å². The van der Waals surface area contributed by atoms with E-state index in [9.17, 15) is 8.42 Å². The molecule has 0 N–H and O–H groups in total. The second-order valence-corrected chi connectivity index (χ2v) is 6.64. The van der Waals surface area contributed by atoms with Crippen LogP contribution in [0.5, 0.6) is 0 Å². The molecule has 102 valence electrons. The molecule has 2 rings (SSSR count). The summed E-state index contributed by atoms with van der Waals surface area (Å²) in [5.41, 5.74) is 1.12. The molecule has 19 heavy (non-hydrogen) atoms. The predicted octanol–water partition coefficient (Wildman–Crippen LogP) is 2.32. The first-order chi connectivity index (χ1) is 9.09. The molecule has 0 radical (unpaired) electrons. The van der Waals surface area contributed by atoms with Crippen LogP contribution in [0.3, 0.4) is 0 Å². The molecule has 0 bridgehead atoms. The molecule has 1 fully saturated rings. The van der Waals surface area contributed by atoms with Crippen LogP contribution in [0, 0.1) is 11.3 Å². The molecule has 0 saturated heterocycles. The van der Waals surface area contributed by atoms with E-state index in [1.165, 1.54) is 4.31 Å². The lowest BCUT2D eigenvalue weighted by Crippen LogP contribution is -2.33. The third kappa shape index (κ3) is 3.14. The molecule has 1 aromatic rings. The van der Waals surface area contributed by atoms with Gasteiger partial charge >= 0.3 is 0 Å². The summed E-state index contributed by atoms with van der Waals surface area (Å²) in [7, 11) is -3.45. The second kappa shape index (κ2) is 5.72. The summed E-state index contributed by atoms with van der Waals surface area (Å²) in [4.78, 5) is 0.328. The van der Waals surface area contributed by atoms with Crippen molar-refractivity contribution in [1.82, 2.24) is 4.31 Å². The van der Waals surface area contributed by atoms with Gasteiger partial charge in [0.2, 0.25) is 10.0 Å². The van der Waals surface area contributed by atoms with E-state index in [1.807, 2.05) is 25.1 Å². The lowest BCUT2D eigenvalue weighted by Gasteiger charge is -2.20. The van der Waals surface area contributed by atoms with E-state index >= 15 is 0 Å². The van der Waals surface area contributed by atoms with Crippen LogP contribution in [0.15, 0.2) is 29.2 Å². The van der Waals surface area contributed by atoms with Crippen molar-refractivity contribution in [1.29, 1.82) is 5.26 Å². The maximum absolute atomic E-state index is 12.5. The molecule has 4 nitrogen and oxygen atoms in total. The lowest BCUT2D eigenvalue weighted by molar-refractivity contribution is 0.411. The number of sulfonamides is 1. The molecule has 1 aromatic carbocycles. The van der Waals surface area contributed by atoms with Crippen LogP contribution in [0.4, 0.5) is 0 Å². The minimum atomic E-state index is -3.45. The standard InChI is InChI=1S/C14H18N2O2S/c1-2-12-4-8-14(9-5-12)19(17,18)16(11-3-10-15)13-6-7-13/h4-5,8-9,13H,2-3,6-7,11H2,1H3. The first-order valence-electron chi connectivity index (χ1n) is 6.57.